The maximum Gasteiger partial charge on any atom is 0.354 e. The summed E-state index contributed by atoms with van der Waals surface area (Å²) in [6.45, 7) is 0.813. The zero-order valence-electron chi connectivity index (χ0n) is 10.4. The first-order valence-electron chi connectivity index (χ1n) is 6.56. The van der Waals surface area contributed by atoms with Gasteiger partial charge in [-0.1, -0.05) is 32.1 Å². The number of hydrogen-bond donors (Lipinski definition) is 2. The van der Waals surface area contributed by atoms with E-state index >= 15 is 0 Å². The number of hydrogen-bond acceptors (Lipinski definition) is 4. The van der Waals surface area contributed by atoms with E-state index < -0.39 is 5.97 Å². The van der Waals surface area contributed by atoms with Crippen molar-refractivity contribution in [2.24, 2.45) is 5.92 Å². The van der Waals surface area contributed by atoms with Crippen molar-refractivity contribution in [2.45, 2.75) is 38.5 Å². The molecule has 0 saturated heterocycles. The molecule has 1 heterocycles. The highest BCUT2D eigenvalue weighted by Gasteiger charge is 2.13. The van der Waals surface area contributed by atoms with Gasteiger partial charge in [0.1, 0.15) is 0 Å². The Labute approximate surface area is 107 Å². The normalized spacial score (nSPS) is 16.4. The van der Waals surface area contributed by atoms with Crippen molar-refractivity contribution in [1.29, 1.82) is 0 Å². The van der Waals surface area contributed by atoms with Gasteiger partial charge in [-0.15, -0.1) is 0 Å². The standard InChI is InChI=1S/C13H19N3O2/c17-12(18)11-7-9-15-13(16-11)14-8-6-10-4-2-1-3-5-10/h7,9-10H,1-6,8H2,(H,17,18)(H,14,15,16). The molecule has 0 aliphatic heterocycles. The molecule has 0 spiro atoms. The smallest absolute Gasteiger partial charge is 0.354 e. The molecule has 1 aliphatic rings. The van der Waals surface area contributed by atoms with E-state index in [0.717, 1.165) is 18.9 Å². The van der Waals surface area contributed by atoms with E-state index in [0.29, 0.717) is 5.95 Å². The molecule has 1 fully saturated rings. The quantitative estimate of drug-likeness (QED) is 0.838. The molecule has 0 amide bonds. The van der Waals surface area contributed by atoms with Gasteiger partial charge in [0.2, 0.25) is 5.95 Å². The van der Waals surface area contributed by atoms with Crippen LogP contribution in [-0.2, 0) is 0 Å². The fraction of sp³-hybridized carbons (Fsp3) is 0.615. The van der Waals surface area contributed by atoms with Crippen LogP contribution in [0.2, 0.25) is 0 Å². The summed E-state index contributed by atoms with van der Waals surface area (Å²) in [6.07, 6.45) is 9.27. The van der Waals surface area contributed by atoms with Crippen LogP contribution in [0.4, 0.5) is 5.95 Å². The van der Waals surface area contributed by atoms with Gasteiger partial charge < -0.3 is 10.4 Å². The zero-order valence-corrected chi connectivity index (χ0v) is 10.4. The summed E-state index contributed by atoms with van der Waals surface area (Å²) in [5.41, 5.74) is 0.0326. The van der Waals surface area contributed by atoms with Crippen LogP contribution in [0.3, 0.4) is 0 Å². The Morgan fingerprint density at radius 2 is 2.17 bits per heavy atom. The second-order valence-corrected chi connectivity index (χ2v) is 4.79. The third-order valence-electron chi connectivity index (χ3n) is 3.44. The van der Waals surface area contributed by atoms with E-state index in [2.05, 4.69) is 15.3 Å². The molecule has 0 unspecified atom stereocenters. The molecule has 98 valence electrons. The molecule has 1 aliphatic carbocycles. The maximum atomic E-state index is 10.8. The predicted molar refractivity (Wildman–Crippen MR) is 68.7 cm³/mol. The van der Waals surface area contributed by atoms with Crippen molar-refractivity contribution in [3.05, 3.63) is 18.0 Å². The lowest BCUT2D eigenvalue weighted by Gasteiger charge is -2.21. The summed E-state index contributed by atoms with van der Waals surface area (Å²) < 4.78 is 0. The Morgan fingerprint density at radius 3 is 2.89 bits per heavy atom. The Morgan fingerprint density at radius 1 is 1.39 bits per heavy atom. The Kier molecular flexibility index (Phi) is 4.50. The van der Waals surface area contributed by atoms with Crippen LogP contribution in [-0.4, -0.2) is 27.6 Å². The molecule has 2 rings (SSSR count). The first-order chi connectivity index (χ1) is 8.75. The summed E-state index contributed by atoms with van der Waals surface area (Å²) in [5.74, 6) is 0.187. The van der Waals surface area contributed by atoms with Crippen LogP contribution in [0.25, 0.3) is 0 Å². The van der Waals surface area contributed by atoms with Gasteiger partial charge in [-0.2, -0.15) is 0 Å². The number of aromatic nitrogens is 2. The third kappa shape index (κ3) is 3.68. The van der Waals surface area contributed by atoms with Gasteiger partial charge in [0.05, 0.1) is 0 Å². The largest absolute Gasteiger partial charge is 0.477 e. The van der Waals surface area contributed by atoms with Crippen LogP contribution in [0.5, 0.6) is 0 Å². The van der Waals surface area contributed by atoms with Crippen molar-refractivity contribution < 1.29 is 9.90 Å². The minimum absolute atomic E-state index is 0.0326. The highest BCUT2D eigenvalue weighted by Crippen LogP contribution is 2.25. The van der Waals surface area contributed by atoms with Crippen LogP contribution >= 0.6 is 0 Å². The SMILES string of the molecule is O=C(O)c1ccnc(NCCC2CCCCC2)n1. The molecular formula is C13H19N3O2. The molecule has 1 aromatic rings. The average molecular weight is 249 g/mol. The van der Waals surface area contributed by atoms with Gasteiger partial charge in [-0.05, 0) is 18.4 Å². The number of aromatic carboxylic acids is 1. The average Bonchev–Trinajstić information content (AvgIpc) is 2.40. The van der Waals surface area contributed by atoms with E-state index in [-0.39, 0.29) is 5.69 Å². The second-order valence-electron chi connectivity index (χ2n) is 4.79. The number of carboxylic acid groups (broad SMARTS) is 1. The number of anilines is 1. The second kappa shape index (κ2) is 6.33. The Hall–Kier alpha value is -1.65. The van der Waals surface area contributed by atoms with Gasteiger partial charge in [0.15, 0.2) is 5.69 Å². The molecule has 1 saturated carbocycles. The molecule has 0 radical (unpaired) electrons. The topological polar surface area (TPSA) is 75.1 Å². The molecule has 2 N–H and O–H groups in total. The van der Waals surface area contributed by atoms with Crippen LogP contribution in [0.15, 0.2) is 12.3 Å². The molecule has 0 atom stereocenters. The third-order valence-corrected chi connectivity index (χ3v) is 3.44. The maximum absolute atomic E-state index is 10.8. The number of nitrogens with one attached hydrogen (secondary N) is 1. The lowest BCUT2D eigenvalue weighted by atomic mass is 9.87. The minimum atomic E-state index is -1.02. The molecule has 0 bridgehead atoms. The highest BCUT2D eigenvalue weighted by atomic mass is 16.4. The lowest BCUT2D eigenvalue weighted by Crippen LogP contribution is -2.14. The summed E-state index contributed by atoms with van der Waals surface area (Å²) in [4.78, 5) is 18.7. The van der Waals surface area contributed by atoms with Crippen LogP contribution in [0, 0.1) is 5.92 Å². The molecule has 5 heteroatoms. The monoisotopic (exact) mass is 249 g/mol. The van der Waals surface area contributed by atoms with Crippen molar-refractivity contribution in [3.8, 4) is 0 Å². The molecule has 1 aromatic heterocycles. The number of carboxylic acids is 1. The van der Waals surface area contributed by atoms with E-state index in [1.54, 1.807) is 0 Å². The van der Waals surface area contributed by atoms with Crippen molar-refractivity contribution in [2.75, 3.05) is 11.9 Å². The van der Waals surface area contributed by atoms with E-state index in [9.17, 15) is 4.79 Å². The van der Waals surface area contributed by atoms with Crippen LogP contribution < -0.4 is 5.32 Å². The van der Waals surface area contributed by atoms with Crippen molar-refractivity contribution >= 4 is 11.9 Å². The zero-order chi connectivity index (χ0) is 12.8. The summed E-state index contributed by atoms with van der Waals surface area (Å²) in [6, 6.07) is 1.40. The fourth-order valence-corrected chi connectivity index (χ4v) is 2.43. The van der Waals surface area contributed by atoms with Gasteiger partial charge in [-0.25, -0.2) is 14.8 Å². The Balaban J connectivity index is 1.78. The first-order valence-corrected chi connectivity index (χ1v) is 6.56. The first kappa shape index (κ1) is 12.8. The minimum Gasteiger partial charge on any atom is -0.477 e. The predicted octanol–water partition coefficient (Wildman–Crippen LogP) is 2.56. The van der Waals surface area contributed by atoms with Crippen LogP contribution in [0.1, 0.15) is 49.0 Å². The summed E-state index contributed by atoms with van der Waals surface area (Å²) in [5, 5.41) is 11.9. The van der Waals surface area contributed by atoms with E-state index in [4.69, 9.17) is 5.11 Å². The van der Waals surface area contributed by atoms with E-state index in [1.807, 2.05) is 0 Å². The summed E-state index contributed by atoms with van der Waals surface area (Å²) >= 11 is 0. The molecule has 18 heavy (non-hydrogen) atoms. The van der Waals surface area contributed by atoms with Gasteiger partial charge >= 0.3 is 5.97 Å². The van der Waals surface area contributed by atoms with Crippen molar-refractivity contribution in [1.82, 2.24) is 9.97 Å². The van der Waals surface area contributed by atoms with Gasteiger partial charge in [0, 0.05) is 12.7 Å². The van der Waals surface area contributed by atoms with Crippen molar-refractivity contribution in [3.63, 3.8) is 0 Å². The van der Waals surface area contributed by atoms with E-state index in [1.165, 1.54) is 44.4 Å². The Bertz CT molecular complexity index is 403. The molecule has 5 nitrogen and oxygen atoms in total. The highest BCUT2D eigenvalue weighted by molar-refractivity contribution is 5.85. The lowest BCUT2D eigenvalue weighted by molar-refractivity contribution is 0.0690. The van der Waals surface area contributed by atoms with Gasteiger partial charge in [0.25, 0.3) is 0 Å². The number of carbonyl (C=O) groups is 1. The number of rotatable bonds is 5. The summed E-state index contributed by atoms with van der Waals surface area (Å²) in [7, 11) is 0. The molecule has 0 aromatic carbocycles. The molecular weight excluding hydrogens is 230 g/mol. The van der Waals surface area contributed by atoms with Gasteiger partial charge in [-0.3, -0.25) is 0 Å². The number of nitrogens with zero attached hydrogens (tertiary/aromatic N) is 2. The fourth-order valence-electron chi connectivity index (χ4n) is 2.43.